The average molecular weight is 264 g/mol. The SMILES string of the molecule is COC(=O)c1nc(C)cc(NC(C)(CN)C2CC2)n1. The van der Waals surface area contributed by atoms with Gasteiger partial charge in [-0.15, -0.1) is 0 Å². The molecule has 1 fully saturated rings. The summed E-state index contributed by atoms with van der Waals surface area (Å²) in [5.41, 5.74) is 6.39. The van der Waals surface area contributed by atoms with Crippen molar-refractivity contribution in [3.05, 3.63) is 17.6 Å². The van der Waals surface area contributed by atoms with Crippen LogP contribution in [0.1, 0.15) is 36.1 Å². The average Bonchev–Trinajstić information content (AvgIpc) is 3.21. The second kappa shape index (κ2) is 5.13. The van der Waals surface area contributed by atoms with Crippen molar-refractivity contribution in [2.45, 2.75) is 32.2 Å². The Bertz CT molecular complexity index is 488. The van der Waals surface area contributed by atoms with Gasteiger partial charge in [0.05, 0.1) is 12.6 Å². The topological polar surface area (TPSA) is 90.1 Å². The fourth-order valence-corrected chi connectivity index (χ4v) is 2.15. The van der Waals surface area contributed by atoms with Crippen LogP contribution in [0.3, 0.4) is 0 Å². The number of nitrogens with two attached hydrogens (primary N) is 1. The van der Waals surface area contributed by atoms with Crippen LogP contribution in [0.4, 0.5) is 5.82 Å². The van der Waals surface area contributed by atoms with Crippen LogP contribution in [0.5, 0.6) is 0 Å². The van der Waals surface area contributed by atoms with E-state index in [0.717, 1.165) is 0 Å². The molecule has 1 aliphatic rings. The van der Waals surface area contributed by atoms with Gasteiger partial charge in [0.15, 0.2) is 0 Å². The molecule has 3 N–H and O–H groups in total. The lowest BCUT2D eigenvalue weighted by Crippen LogP contribution is -2.45. The number of rotatable bonds is 5. The molecule has 2 rings (SSSR count). The molecule has 1 aromatic rings. The zero-order valence-electron chi connectivity index (χ0n) is 11.6. The summed E-state index contributed by atoms with van der Waals surface area (Å²) in [5, 5.41) is 3.34. The summed E-state index contributed by atoms with van der Waals surface area (Å²) in [6.07, 6.45) is 2.35. The Labute approximate surface area is 112 Å². The van der Waals surface area contributed by atoms with Gasteiger partial charge in [-0.2, -0.15) is 0 Å². The van der Waals surface area contributed by atoms with Crippen molar-refractivity contribution in [3.8, 4) is 0 Å². The molecule has 0 bridgehead atoms. The van der Waals surface area contributed by atoms with Crippen LogP contribution in [0.25, 0.3) is 0 Å². The van der Waals surface area contributed by atoms with Crippen LogP contribution in [-0.2, 0) is 4.74 Å². The van der Waals surface area contributed by atoms with Gasteiger partial charge in [0.2, 0.25) is 5.82 Å². The molecule has 0 radical (unpaired) electrons. The number of hydrogen-bond donors (Lipinski definition) is 2. The zero-order valence-corrected chi connectivity index (χ0v) is 11.6. The van der Waals surface area contributed by atoms with E-state index in [0.29, 0.717) is 24.0 Å². The summed E-state index contributed by atoms with van der Waals surface area (Å²) in [6.45, 7) is 4.42. The van der Waals surface area contributed by atoms with Crippen LogP contribution in [-0.4, -0.2) is 35.1 Å². The Morgan fingerprint density at radius 3 is 2.79 bits per heavy atom. The molecule has 1 aliphatic carbocycles. The number of nitrogens with one attached hydrogen (secondary N) is 1. The molecule has 0 amide bonds. The van der Waals surface area contributed by atoms with Crippen molar-refractivity contribution in [2.24, 2.45) is 11.7 Å². The van der Waals surface area contributed by atoms with E-state index in [4.69, 9.17) is 5.73 Å². The Morgan fingerprint density at radius 2 is 2.26 bits per heavy atom. The first-order chi connectivity index (χ1) is 8.98. The number of methoxy groups -OCH3 is 1. The minimum Gasteiger partial charge on any atom is -0.463 e. The fourth-order valence-electron chi connectivity index (χ4n) is 2.15. The Kier molecular flexibility index (Phi) is 3.71. The molecule has 6 heteroatoms. The number of nitrogens with zero attached hydrogens (tertiary/aromatic N) is 2. The standard InChI is InChI=1S/C13H20N4O2/c1-8-6-10(16-11(15-8)12(18)19-3)17-13(2,7-14)9-4-5-9/h6,9H,4-5,7,14H2,1-3H3,(H,15,16,17). The van der Waals surface area contributed by atoms with Crippen LogP contribution >= 0.6 is 0 Å². The van der Waals surface area contributed by atoms with Gasteiger partial charge in [-0.3, -0.25) is 0 Å². The smallest absolute Gasteiger partial charge is 0.376 e. The lowest BCUT2D eigenvalue weighted by Gasteiger charge is -2.30. The molecule has 104 valence electrons. The van der Waals surface area contributed by atoms with Gasteiger partial charge >= 0.3 is 5.97 Å². The highest BCUT2D eigenvalue weighted by Crippen LogP contribution is 2.40. The Morgan fingerprint density at radius 1 is 1.58 bits per heavy atom. The maximum Gasteiger partial charge on any atom is 0.376 e. The highest BCUT2D eigenvalue weighted by atomic mass is 16.5. The molecule has 6 nitrogen and oxygen atoms in total. The van der Waals surface area contributed by atoms with Crippen molar-refractivity contribution in [2.75, 3.05) is 19.0 Å². The number of carbonyl (C=O) groups is 1. The number of aromatic nitrogens is 2. The molecule has 1 saturated carbocycles. The lowest BCUT2D eigenvalue weighted by atomic mass is 9.96. The molecular formula is C13H20N4O2. The first-order valence-corrected chi connectivity index (χ1v) is 6.41. The minimum absolute atomic E-state index is 0.0696. The maximum atomic E-state index is 11.5. The number of ether oxygens (including phenoxy) is 1. The number of esters is 1. The molecule has 0 saturated heterocycles. The Hall–Kier alpha value is -1.69. The van der Waals surface area contributed by atoms with E-state index in [9.17, 15) is 4.79 Å². The van der Waals surface area contributed by atoms with Gasteiger partial charge < -0.3 is 15.8 Å². The van der Waals surface area contributed by atoms with Crippen LogP contribution in [0, 0.1) is 12.8 Å². The van der Waals surface area contributed by atoms with Crippen molar-refractivity contribution >= 4 is 11.8 Å². The van der Waals surface area contributed by atoms with Gasteiger partial charge in [-0.25, -0.2) is 14.8 Å². The lowest BCUT2D eigenvalue weighted by molar-refractivity contribution is 0.0586. The molecule has 0 aromatic carbocycles. The fraction of sp³-hybridized carbons (Fsp3) is 0.615. The number of hydrogen-bond acceptors (Lipinski definition) is 6. The quantitative estimate of drug-likeness (QED) is 0.774. The third kappa shape index (κ3) is 3.01. The van der Waals surface area contributed by atoms with E-state index in [1.54, 1.807) is 0 Å². The van der Waals surface area contributed by atoms with Crippen molar-refractivity contribution in [1.82, 2.24) is 9.97 Å². The van der Waals surface area contributed by atoms with Crippen LogP contribution in [0.2, 0.25) is 0 Å². The summed E-state index contributed by atoms with van der Waals surface area (Å²) in [6, 6.07) is 1.81. The normalized spacial score (nSPS) is 17.7. The third-order valence-corrected chi connectivity index (χ3v) is 3.54. The number of carbonyl (C=O) groups excluding carboxylic acids is 1. The van der Waals surface area contributed by atoms with Gasteiger partial charge in [-0.1, -0.05) is 0 Å². The van der Waals surface area contributed by atoms with Gasteiger partial charge in [0, 0.05) is 18.3 Å². The first kappa shape index (κ1) is 13.7. The van der Waals surface area contributed by atoms with E-state index < -0.39 is 5.97 Å². The van der Waals surface area contributed by atoms with Crippen LogP contribution in [0.15, 0.2) is 6.07 Å². The van der Waals surface area contributed by atoms with Gasteiger partial charge in [-0.05, 0) is 32.6 Å². The summed E-state index contributed by atoms with van der Waals surface area (Å²) >= 11 is 0. The molecular weight excluding hydrogens is 244 g/mol. The van der Waals surface area contributed by atoms with Crippen LogP contribution < -0.4 is 11.1 Å². The second-order valence-electron chi connectivity index (χ2n) is 5.23. The molecule has 1 aromatic heterocycles. The molecule has 0 spiro atoms. The summed E-state index contributed by atoms with van der Waals surface area (Å²) in [4.78, 5) is 19.8. The number of anilines is 1. The summed E-state index contributed by atoms with van der Waals surface area (Å²) < 4.78 is 4.65. The largest absolute Gasteiger partial charge is 0.463 e. The monoisotopic (exact) mass is 264 g/mol. The predicted octanol–water partition coefficient (Wildman–Crippen LogP) is 1.11. The van der Waals surface area contributed by atoms with Crippen molar-refractivity contribution in [1.29, 1.82) is 0 Å². The van der Waals surface area contributed by atoms with Gasteiger partial charge in [0.1, 0.15) is 5.82 Å². The van der Waals surface area contributed by atoms with E-state index in [2.05, 4.69) is 26.9 Å². The highest BCUT2D eigenvalue weighted by Gasteiger charge is 2.40. The second-order valence-corrected chi connectivity index (χ2v) is 5.23. The zero-order chi connectivity index (χ0) is 14.0. The maximum absolute atomic E-state index is 11.5. The third-order valence-electron chi connectivity index (χ3n) is 3.54. The number of aryl methyl sites for hydroxylation is 1. The highest BCUT2D eigenvalue weighted by molar-refractivity contribution is 5.85. The molecule has 19 heavy (non-hydrogen) atoms. The van der Waals surface area contributed by atoms with Gasteiger partial charge in [0.25, 0.3) is 0 Å². The molecule has 0 aliphatic heterocycles. The van der Waals surface area contributed by atoms with E-state index in [1.165, 1.54) is 20.0 Å². The van der Waals surface area contributed by atoms with E-state index in [-0.39, 0.29) is 11.4 Å². The summed E-state index contributed by atoms with van der Waals surface area (Å²) in [7, 11) is 1.31. The van der Waals surface area contributed by atoms with Crippen molar-refractivity contribution in [3.63, 3.8) is 0 Å². The minimum atomic E-state index is -0.535. The predicted molar refractivity (Wildman–Crippen MR) is 71.9 cm³/mol. The summed E-state index contributed by atoms with van der Waals surface area (Å²) in [5.74, 6) is 0.717. The Balaban J connectivity index is 2.24. The van der Waals surface area contributed by atoms with E-state index in [1.807, 2.05) is 13.0 Å². The first-order valence-electron chi connectivity index (χ1n) is 6.41. The van der Waals surface area contributed by atoms with Crippen molar-refractivity contribution < 1.29 is 9.53 Å². The van der Waals surface area contributed by atoms with E-state index >= 15 is 0 Å². The molecule has 1 unspecified atom stereocenters. The molecule has 1 atom stereocenters. The molecule has 1 heterocycles.